The van der Waals surface area contributed by atoms with E-state index in [9.17, 15) is 0 Å². The van der Waals surface area contributed by atoms with Gasteiger partial charge >= 0.3 is 0 Å². The van der Waals surface area contributed by atoms with Crippen LogP contribution in [0.25, 0.3) is 0 Å². The zero-order chi connectivity index (χ0) is 11.4. The molecule has 6 heteroatoms. The molecule has 0 aliphatic heterocycles. The normalized spacial score (nSPS) is 10.9. The van der Waals surface area contributed by atoms with Crippen molar-refractivity contribution < 1.29 is 0 Å². The number of anilines is 1. The SMILES string of the molecule is CN(Cc1cccnc1)Cc1nnc(N)s1. The number of hydrogen-bond acceptors (Lipinski definition) is 6. The number of pyridine rings is 1. The van der Waals surface area contributed by atoms with Crippen LogP contribution >= 0.6 is 11.3 Å². The third kappa shape index (κ3) is 2.98. The minimum absolute atomic E-state index is 0.518. The lowest BCUT2D eigenvalue weighted by molar-refractivity contribution is 0.317. The maximum Gasteiger partial charge on any atom is 0.203 e. The molecule has 2 rings (SSSR count). The number of nitrogens with zero attached hydrogens (tertiary/aromatic N) is 4. The number of aromatic nitrogens is 3. The van der Waals surface area contributed by atoms with E-state index in [1.54, 1.807) is 6.20 Å². The Labute approximate surface area is 98.0 Å². The van der Waals surface area contributed by atoms with Crippen molar-refractivity contribution in [2.75, 3.05) is 12.8 Å². The van der Waals surface area contributed by atoms with Gasteiger partial charge in [-0.05, 0) is 18.7 Å². The fraction of sp³-hybridized carbons (Fsp3) is 0.300. The van der Waals surface area contributed by atoms with Gasteiger partial charge in [0.05, 0.1) is 6.54 Å². The van der Waals surface area contributed by atoms with Gasteiger partial charge in [-0.2, -0.15) is 0 Å². The van der Waals surface area contributed by atoms with Crippen molar-refractivity contribution in [3.63, 3.8) is 0 Å². The van der Waals surface area contributed by atoms with Crippen LogP contribution in [0, 0.1) is 0 Å². The third-order valence-electron chi connectivity index (χ3n) is 2.06. The Morgan fingerprint density at radius 2 is 2.25 bits per heavy atom. The van der Waals surface area contributed by atoms with Crippen molar-refractivity contribution in [1.29, 1.82) is 0 Å². The van der Waals surface area contributed by atoms with Gasteiger partial charge in [0.1, 0.15) is 5.01 Å². The Morgan fingerprint density at radius 1 is 1.38 bits per heavy atom. The van der Waals surface area contributed by atoms with E-state index in [4.69, 9.17) is 5.73 Å². The second kappa shape index (κ2) is 5.00. The molecule has 0 fully saturated rings. The van der Waals surface area contributed by atoms with E-state index in [0.717, 1.165) is 18.1 Å². The fourth-order valence-electron chi connectivity index (χ4n) is 1.42. The average Bonchev–Trinajstić information content (AvgIpc) is 2.65. The van der Waals surface area contributed by atoms with Crippen LogP contribution in [0.1, 0.15) is 10.6 Å². The molecule has 2 aromatic heterocycles. The third-order valence-corrected chi connectivity index (χ3v) is 2.80. The van der Waals surface area contributed by atoms with Crippen LogP contribution < -0.4 is 5.73 Å². The highest BCUT2D eigenvalue weighted by Gasteiger charge is 2.05. The molecule has 2 N–H and O–H groups in total. The molecule has 0 radical (unpaired) electrons. The predicted molar refractivity (Wildman–Crippen MR) is 63.7 cm³/mol. The summed E-state index contributed by atoms with van der Waals surface area (Å²) in [6, 6.07) is 3.99. The Hall–Kier alpha value is -1.53. The Balaban J connectivity index is 1.92. The van der Waals surface area contributed by atoms with Crippen molar-refractivity contribution in [2.45, 2.75) is 13.1 Å². The molecule has 0 aliphatic rings. The summed E-state index contributed by atoms with van der Waals surface area (Å²) in [5, 5.41) is 9.22. The first kappa shape index (κ1) is 11.0. The number of hydrogen-bond donors (Lipinski definition) is 1. The van der Waals surface area contributed by atoms with E-state index in [-0.39, 0.29) is 0 Å². The second-order valence-electron chi connectivity index (χ2n) is 3.57. The number of rotatable bonds is 4. The summed E-state index contributed by atoms with van der Waals surface area (Å²) in [6.07, 6.45) is 3.64. The van der Waals surface area contributed by atoms with E-state index in [1.807, 2.05) is 19.3 Å². The van der Waals surface area contributed by atoms with Crippen LogP contribution in [0.2, 0.25) is 0 Å². The molecule has 0 saturated heterocycles. The molecule has 0 spiro atoms. The molecule has 5 nitrogen and oxygen atoms in total. The molecule has 0 bridgehead atoms. The minimum Gasteiger partial charge on any atom is -0.374 e. The van der Waals surface area contributed by atoms with Crippen molar-refractivity contribution in [3.05, 3.63) is 35.1 Å². The molecule has 0 aromatic carbocycles. The summed E-state index contributed by atoms with van der Waals surface area (Å²) >= 11 is 1.42. The maximum atomic E-state index is 5.52. The first-order valence-corrected chi connectivity index (χ1v) is 5.71. The summed E-state index contributed by atoms with van der Waals surface area (Å²) in [4.78, 5) is 6.23. The summed E-state index contributed by atoms with van der Waals surface area (Å²) in [6.45, 7) is 1.59. The van der Waals surface area contributed by atoms with Crippen LogP contribution in [0.15, 0.2) is 24.5 Å². The standard InChI is InChI=1S/C10H13N5S/c1-15(6-8-3-2-4-12-5-8)7-9-13-14-10(11)16-9/h2-5H,6-7H2,1H3,(H2,11,14). The van der Waals surface area contributed by atoms with Gasteiger partial charge in [0.2, 0.25) is 5.13 Å². The zero-order valence-corrected chi connectivity index (χ0v) is 9.81. The molecular formula is C10H13N5S. The van der Waals surface area contributed by atoms with E-state index in [2.05, 4.69) is 26.1 Å². The highest BCUT2D eigenvalue weighted by Crippen LogP contribution is 2.13. The van der Waals surface area contributed by atoms with Crippen LogP contribution in [0.3, 0.4) is 0 Å². The molecule has 0 unspecified atom stereocenters. The quantitative estimate of drug-likeness (QED) is 0.861. The molecular weight excluding hydrogens is 222 g/mol. The van der Waals surface area contributed by atoms with Crippen LogP contribution in [0.5, 0.6) is 0 Å². The minimum atomic E-state index is 0.518. The Morgan fingerprint density at radius 3 is 2.88 bits per heavy atom. The van der Waals surface area contributed by atoms with Gasteiger partial charge in [0, 0.05) is 18.9 Å². The predicted octanol–water partition coefficient (Wildman–Crippen LogP) is 1.15. The Kier molecular flexibility index (Phi) is 3.43. The topological polar surface area (TPSA) is 67.9 Å². The van der Waals surface area contributed by atoms with Gasteiger partial charge in [-0.25, -0.2) is 0 Å². The molecule has 2 aromatic rings. The second-order valence-corrected chi connectivity index (χ2v) is 4.66. The number of nitrogens with two attached hydrogens (primary N) is 1. The maximum absolute atomic E-state index is 5.52. The van der Waals surface area contributed by atoms with Gasteiger partial charge in [-0.15, -0.1) is 10.2 Å². The lowest BCUT2D eigenvalue weighted by Crippen LogP contribution is -2.17. The van der Waals surface area contributed by atoms with Crippen molar-refractivity contribution in [3.8, 4) is 0 Å². The molecule has 84 valence electrons. The number of nitrogen functional groups attached to an aromatic ring is 1. The molecule has 2 heterocycles. The van der Waals surface area contributed by atoms with Gasteiger partial charge in [-0.3, -0.25) is 9.88 Å². The molecule has 0 saturated carbocycles. The van der Waals surface area contributed by atoms with Gasteiger partial charge in [-0.1, -0.05) is 17.4 Å². The van der Waals surface area contributed by atoms with Gasteiger partial charge < -0.3 is 5.73 Å². The lowest BCUT2D eigenvalue weighted by atomic mass is 10.3. The summed E-state index contributed by atoms with van der Waals surface area (Å²) in [5.41, 5.74) is 6.71. The molecule has 0 aliphatic carbocycles. The first-order valence-electron chi connectivity index (χ1n) is 4.89. The smallest absolute Gasteiger partial charge is 0.203 e. The van der Waals surface area contributed by atoms with E-state index < -0.39 is 0 Å². The van der Waals surface area contributed by atoms with E-state index in [0.29, 0.717) is 5.13 Å². The molecule has 0 atom stereocenters. The largest absolute Gasteiger partial charge is 0.374 e. The fourth-order valence-corrected chi connectivity index (χ4v) is 2.11. The lowest BCUT2D eigenvalue weighted by Gasteiger charge is -2.14. The van der Waals surface area contributed by atoms with Crippen molar-refractivity contribution >= 4 is 16.5 Å². The van der Waals surface area contributed by atoms with Gasteiger partial charge in [0.25, 0.3) is 0 Å². The van der Waals surface area contributed by atoms with Crippen molar-refractivity contribution in [2.24, 2.45) is 0 Å². The summed E-state index contributed by atoms with van der Waals surface area (Å²) in [5.74, 6) is 0. The first-order chi connectivity index (χ1) is 7.74. The van der Waals surface area contributed by atoms with Gasteiger partial charge in [0.15, 0.2) is 0 Å². The van der Waals surface area contributed by atoms with E-state index >= 15 is 0 Å². The summed E-state index contributed by atoms with van der Waals surface area (Å²) in [7, 11) is 2.03. The molecule has 0 amide bonds. The average molecular weight is 235 g/mol. The van der Waals surface area contributed by atoms with Crippen molar-refractivity contribution in [1.82, 2.24) is 20.1 Å². The molecule has 16 heavy (non-hydrogen) atoms. The van der Waals surface area contributed by atoms with Crippen LogP contribution in [0.4, 0.5) is 5.13 Å². The Bertz CT molecular complexity index is 441. The summed E-state index contributed by atoms with van der Waals surface area (Å²) < 4.78 is 0. The van der Waals surface area contributed by atoms with Crippen LogP contribution in [-0.4, -0.2) is 27.1 Å². The zero-order valence-electron chi connectivity index (χ0n) is 9.00. The van der Waals surface area contributed by atoms with Crippen LogP contribution in [-0.2, 0) is 13.1 Å². The highest BCUT2D eigenvalue weighted by atomic mass is 32.1. The monoisotopic (exact) mass is 235 g/mol. The highest BCUT2D eigenvalue weighted by molar-refractivity contribution is 7.15. The van der Waals surface area contributed by atoms with E-state index in [1.165, 1.54) is 16.9 Å².